The molecule has 1 N–H and O–H groups in total. The Morgan fingerprint density at radius 2 is 1.96 bits per heavy atom. The van der Waals surface area contributed by atoms with Crippen LogP contribution in [-0.2, 0) is 9.53 Å². The van der Waals surface area contributed by atoms with Crippen molar-refractivity contribution in [3.63, 3.8) is 0 Å². The van der Waals surface area contributed by atoms with Gasteiger partial charge in [-0.1, -0.05) is 0 Å². The third-order valence-corrected chi connectivity index (χ3v) is 3.40. The van der Waals surface area contributed by atoms with Crippen LogP contribution >= 0.6 is 11.9 Å². The number of amides is 1. The lowest BCUT2D eigenvalue weighted by molar-refractivity contribution is -0.144. The molecule has 0 aliphatic carbocycles. The van der Waals surface area contributed by atoms with Crippen molar-refractivity contribution < 1.29 is 23.8 Å². The van der Waals surface area contributed by atoms with Gasteiger partial charge in [0.15, 0.2) is 11.5 Å². The number of hydrogen-bond acceptors (Lipinski definition) is 8. The first-order valence-electron chi connectivity index (χ1n) is 6.71. The van der Waals surface area contributed by atoms with Gasteiger partial charge in [-0.2, -0.15) is 0 Å². The smallest absolute Gasteiger partial charge is 0.329 e. The molecule has 1 aromatic rings. The number of nitrogens with one attached hydrogen (secondary N) is 1. The molecule has 0 fully saturated rings. The molecule has 126 valence electrons. The molecule has 0 spiro atoms. The largest absolute Gasteiger partial charge is 0.493 e. The zero-order chi connectivity index (χ0) is 17.2. The number of rotatable bonds is 9. The maximum Gasteiger partial charge on any atom is 0.329 e. The van der Waals surface area contributed by atoms with Crippen LogP contribution in [0.15, 0.2) is 22.8 Å². The number of nitroso groups, excluding NO2 is 1. The third-order valence-electron chi connectivity index (χ3n) is 2.82. The van der Waals surface area contributed by atoms with Crippen LogP contribution in [0.3, 0.4) is 0 Å². The van der Waals surface area contributed by atoms with Gasteiger partial charge in [0.05, 0.1) is 20.8 Å². The van der Waals surface area contributed by atoms with Crippen molar-refractivity contribution in [1.29, 1.82) is 0 Å². The summed E-state index contributed by atoms with van der Waals surface area (Å²) < 4.78 is 17.7. The molecule has 0 radical (unpaired) electrons. The van der Waals surface area contributed by atoms with Crippen LogP contribution in [0, 0.1) is 4.91 Å². The lowest BCUT2D eigenvalue weighted by atomic mass is 10.1. The molecule has 0 heterocycles. The van der Waals surface area contributed by atoms with Crippen molar-refractivity contribution in [2.24, 2.45) is 4.58 Å². The van der Waals surface area contributed by atoms with Gasteiger partial charge in [0.2, 0.25) is 0 Å². The van der Waals surface area contributed by atoms with Gasteiger partial charge in [-0.3, -0.25) is 4.79 Å². The molecule has 0 saturated heterocycles. The Kier molecular flexibility index (Phi) is 7.89. The zero-order valence-electron chi connectivity index (χ0n) is 13.0. The number of esters is 1. The molecular formula is C14H18N2O6S. The van der Waals surface area contributed by atoms with E-state index < -0.39 is 17.9 Å². The fourth-order valence-electron chi connectivity index (χ4n) is 1.74. The molecule has 1 atom stereocenters. The maximum atomic E-state index is 12.3. The lowest BCUT2D eigenvalue weighted by Crippen LogP contribution is -2.43. The molecule has 0 saturated carbocycles. The predicted octanol–water partition coefficient (Wildman–Crippen LogP) is 1.78. The minimum Gasteiger partial charge on any atom is -0.493 e. The van der Waals surface area contributed by atoms with Crippen molar-refractivity contribution >= 4 is 23.8 Å². The van der Waals surface area contributed by atoms with E-state index in [9.17, 15) is 14.5 Å². The highest BCUT2D eigenvalue weighted by Crippen LogP contribution is 2.27. The SMILES string of the molecule is CCOC(=O)[C@H](CSN=O)NC(=O)c1ccc(OC)c(OC)c1. The highest BCUT2D eigenvalue weighted by Gasteiger charge is 2.23. The van der Waals surface area contributed by atoms with Crippen LogP contribution in [0.1, 0.15) is 17.3 Å². The lowest BCUT2D eigenvalue weighted by Gasteiger charge is -2.16. The minimum absolute atomic E-state index is 0.0125. The number of carbonyl (C=O) groups is 2. The Morgan fingerprint density at radius 1 is 1.26 bits per heavy atom. The molecular weight excluding hydrogens is 324 g/mol. The van der Waals surface area contributed by atoms with E-state index in [4.69, 9.17) is 14.2 Å². The van der Waals surface area contributed by atoms with E-state index in [-0.39, 0.29) is 17.9 Å². The standard InChI is InChI=1S/C14H18N2O6S/c1-4-22-14(18)10(8-23-16-19)15-13(17)9-5-6-11(20-2)12(7-9)21-3/h5-7,10H,4,8H2,1-3H3,(H,15,17)/t10-/m0/s1. The van der Waals surface area contributed by atoms with Gasteiger partial charge in [-0.25, -0.2) is 4.79 Å². The van der Waals surface area contributed by atoms with Crippen molar-refractivity contribution in [1.82, 2.24) is 5.32 Å². The third kappa shape index (κ3) is 5.44. The highest BCUT2D eigenvalue weighted by molar-refractivity contribution is 7.97. The molecule has 8 nitrogen and oxygen atoms in total. The summed E-state index contributed by atoms with van der Waals surface area (Å²) in [7, 11) is 2.94. The number of carbonyl (C=O) groups excluding carboxylic acids is 2. The van der Waals surface area contributed by atoms with Crippen molar-refractivity contribution in [2.45, 2.75) is 13.0 Å². The first-order chi connectivity index (χ1) is 11.1. The fourth-order valence-corrected chi connectivity index (χ4v) is 2.16. The van der Waals surface area contributed by atoms with E-state index in [1.807, 2.05) is 0 Å². The average molecular weight is 342 g/mol. The second-order valence-corrected chi connectivity index (χ2v) is 4.96. The quantitative estimate of drug-likeness (QED) is 0.414. The molecule has 1 amide bonds. The van der Waals surface area contributed by atoms with Crippen molar-refractivity contribution in [2.75, 3.05) is 26.6 Å². The molecule has 0 aromatic heterocycles. The Balaban J connectivity index is 2.88. The van der Waals surface area contributed by atoms with Crippen molar-refractivity contribution in [3.8, 4) is 11.5 Å². The Hall–Kier alpha value is -2.29. The summed E-state index contributed by atoms with van der Waals surface area (Å²) in [5, 5.41) is 2.51. The fraction of sp³-hybridized carbons (Fsp3) is 0.429. The molecule has 0 unspecified atom stereocenters. The number of nitrogens with zero attached hydrogens (tertiary/aromatic N) is 1. The summed E-state index contributed by atoms with van der Waals surface area (Å²) >= 11 is 0.631. The second-order valence-electron chi connectivity index (χ2n) is 4.22. The molecule has 1 rings (SSSR count). The molecule has 0 bridgehead atoms. The molecule has 23 heavy (non-hydrogen) atoms. The molecule has 0 aliphatic heterocycles. The van der Waals surface area contributed by atoms with Crippen LogP contribution in [-0.4, -0.2) is 44.5 Å². The molecule has 0 aliphatic rings. The maximum absolute atomic E-state index is 12.3. The van der Waals surface area contributed by atoms with Gasteiger partial charge in [0.25, 0.3) is 5.91 Å². The second kappa shape index (κ2) is 9.67. The van der Waals surface area contributed by atoms with E-state index in [0.717, 1.165) is 0 Å². The number of methoxy groups -OCH3 is 2. The normalized spacial score (nSPS) is 11.3. The van der Waals surface area contributed by atoms with E-state index in [2.05, 4.69) is 9.90 Å². The zero-order valence-corrected chi connectivity index (χ0v) is 13.8. The number of ether oxygens (including phenoxy) is 3. The van der Waals surface area contributed by atoms with Gasteiger partial charge >= 0.3 is 5.97 Å². The van der Waals surface area contributed by atoms with E-state index in [1.54, 1.807) is 13.0 Å². The van der Waals surface area contributed by atoms with Crippen LogP contribution < -0.4 is 14.8 Å². The number of benzene rings is 1. The summed E-state index contributed by atoms with van der Waals surface area (Å²) in [4.78, 5) is 34.3. The van der Waals surface area contributed by atoms with Crippen molar-refractivity contribution in [3.05, 3.63) is 28.7 Å². The summed E-state index contributed by atoms with van der Waals surface area (Å²) in [6.45, 7) is 1.82. The summed E-state index contributed by atoms with van der Waals surface area (Å²) in [5.41, 5.74) is 0.279. The summed E-state index contributed by atoms with van der Waals surface area (Å²) in [6.07, 6.45) is 0. The summed E-state index contributed by atoms with van der Waals surface area (Å²) in [5.74, 6) is -0.280. The average Bonchev–Trinajstić information content (AvgIpc) is 2.57. The van der Waals surface area contributed by atoms with Gasteiger partial charge in [-0.05, 0) is 25.1 Å². The van der Waals surface area contributed by atoms with E-state index >= 15 is 0 Å². The minimum atomic E-state index is -0.974. The van der Waals surface area contributed by atoms with Crippen LogP contribution in [0.2, 0.25) is 0 Å². The summed E-state index contributed by atoms with van der Waals surface area (Å²) in [6, 6.07) is 3.62. The highest BCUT2D eigenvalue weighted by atomic mass is 32.2. The first-order valence-corrected chi connectivity index (χ1v) is 7.65. The molecule has 1 aromatic carbocycles. The van der Waals surface area contributed by atoms with Crippen LogP contribution in [0.25, 0.3) is 0 Å². The Bertz CT molecular complexity index is 566. The van der Waals surface area contributed by atoms with E-state index in [0.29, 0.717) is 23.4 Å². The van der Waals surface area contributed by atoms with E-state index in [1.165, 1.54) is 26.4 Å². The van der Waals surface area contributed by atoms with Gasteiger partial charge < -0.3 is 19.5 Å². The number of hydrogen-bond donors (Lipinski definition) is 1. The topological polar surface area (TPSA) is 103 Å². The van der Waals surface area contributed by atoms with Gasteiger partial charge in [-0.15, -0.1) is 4.91 Å². The van der Waals surface area contributed by atoms with Crippen LogP contribution in [0.4, 0.5) is 0 Å². The Morgan fingerprint density at radius 3 is 2.52 bits per heavy atom. The van der Waals surface area contributed by atoms with Gasteiger partial charge in [0.1, 0.15) is 6.04 Å². The first kappa shape index (κ1) is 18.8. The predicted molar refractivity (Wildman–Crippen MR) is 85.7 cm³/mol. The Labute approximate surface area is 138 Å². The monoisotopic (exact) mass is 342 g/mol. The molecule has 9 heteroatoms. The van der Waals surface area contributed by atoms with Crippen LogP contribution in [0.5, 0.6) is 11.5 Å². The van der Waals surface area contributed by atoms with Gasteiger partial charge in [0, 0.05) is 27.8 Å².